The van der Waals surface area contributed by atoms with Crippen LogP contribution in [0.25, 0.3) is 0 Å². The van der Waals surface area contributed by atoms with E-state index in [0.717, 1.165) is 13.1 Å². The predicted molar refractivity (Wildman–Crippen MR) is 61.8 cm³/mol. The largest absolute Gasteiger partial charge is 0.317 e. The topological polar surface area (TPSA) is 24.1 Å². The van der Waals surface area contributed by atoms with E-state index in [0.29, 0.717) is 12.1 Å². The molecule has 3 heteroatoms. The highest BCUT2D eigenvalue weighted by molar-refractivity contribution is 7.10. The lowest BCUT2D eigenvalue weighted by Gasteiger charge is -2.26. The Labute approximate surface area is 89.7 Å². The summed E-state index contributed by atoms with van der Waals surface area (Å²) in [6, 6.07) is 5.55. The van der Waals surface area contributed by atoms with E-state index >= 15 is 0 Å². The third kappa shape index (κ3) is 2.56. The minimum Gasteiger partial charge on any atom is -0.317 e. The lowest BCUT2D eigenvalue weighted by atomic mass is 10.1. The quantitative estimate of drug-likeness (QED) is 0.799. The second kappa shape index (κ2) is 4.91. The van der Waals surface area contributed by atoms with Crippen molar-refractivity contribution in [3.8, 4) is 0 Å². The van der Waals surface area contributed by atoms with Gasteiger partial charge in [-0.25, -0.2) is 0 Å². The van der Waals surface area contributed by atoms with Gasteiger partial charge >= 0.3 is 0 Å². The minimum atomic E-state index is 0.512. The van der Waals surface area contributed by atoms with Crippen LogP contribution in [0.5, 0.6) is 0 Å². The maximum Gasteiger partial charge on any atom is 0.0388 e. The molecule has 1 aromatic heterocycles. The van der Waals surface area contributed by atoms with Gasteiger partial charge in [-0.1, -0.05) is 6.07 Å². The van der Waals surface area contributed by atoms with Gasteiger partial charge in [0.2, 0.25) is 0 Å². The van der Waals surface area contributed by atoms with Crippen LogP contribution < -0.4 is 10.6 Å². The van der Waals surface area contributed by atoms with Gasteiger partial charge in [-0.3, -0.25) is 0 Å². The molecule has 2 nitrogen and oxygen atoms in total. The molecule has 2 N–H and O–H groups in total. The first-order valence-electron chi connectivity index (χ1n) is 5.36. The van der Waals surface area contributed by atoms with Gasteiger partial charge in [0.25, 0.3) is 0 Å². The number of piperidine rings is 1. The summed E-state index contributed by atoms with van der Waals surface area (Å²) in [5.41, 5.74) is 0. The number of rotatable bonds is 3. The molecule has 78 valence electrons. The fourth-order valence-electron chi connectivity index (χ4n) is 1.96. The van der Waals surface area contributed by atoms with Crippen LogP contribution in [0.3, 0.4) is 0 Å². The molecule has 1 fully saturated rings. The average Bonchev–Trinajstić information content (AvgIpc) is 2.72. The molecule has 0 unspecified atom stereocenters. The van der Waals surface area contributed by atoms with Gasteiger partial charge in [0.05, 0.1) is 0 Å². The maximum absolute atomic E-state index is 3.69. The first kappa shape index (κ1) is 10.1. The van der Waals surface area contributed by atoms with Gasteiger partial charge in [-0.05, 0) is 44.3 Å². The Morgan fingerprint density at radius 1 is 1.50 bits per heavy atom. The number of hydrogen-bond acceptors (Lipinski definition) is 3. The van der Waals surface area contributed by atoms with Crippen molar-refractivity contribution < 1.29 is 0 Å². The smallest absolute Gasteiger partial charge is 0.0388 e. The van der Waals surface area contributed by atoms with Crippen LogP contribution in [-0.2, 0) is 0 Å². The zero-order chi connectivity index (χ0) is 9.80. The van der Waals surface area contributed by atoms with E-state index in [2.05, 4.69) is 35.1 Å². The summed E-state index contributed by atoms with van der Waals surface area (Å²) in [5.74, 6) is 0. The Hall–Kier alpha value is -0.380. The first-order valence-corrected chi connectivity index (χ1v) is 6.24. The molecule has 1 atom stereocenters. The number of thiophene rings is 1. The third-order valence-electron chi connectivity index (χ3n) is 2.79. The summed E-state index contributed by atoms with van der Waals surface area (Å²) in [6.45, 7) is 4.58. The average molecular weight is 210 g/mol. The van der Waals surface area contributed by atoms with Crippen molar-refractivity contribution in [1.29, 1.82) is 0 Å². The Morgan fingerprint density at radius 3 is 2.93 bits per heavy atom. The molecule has 0 aliphatic carbocycles. The molecule has 1 aliphatic rings. The minimum absolute atomic E-state index is 0.512. The Kier molecular flexibility index (Phi) is 3.56. The molecular formula is C11H18N2S. The SMILES string of the molecule is C[C@@H](NC1CCNCC1)c1cccs1. The van der Waals surface area contributed by atoms with Crippen molar-refractivity contribution in [3.05, 3.63) is 22.4 Å². The van der Waals surface area contributed by atoms with Gasteiger partial charge in [0.1, 0.15) is 0 Å². The van der Waals surface area contributed by atoms with Crippen LogP contribution >= 0.6 is 11.3 Å². The van der Waals surface area contributed by atoms with Crippen molar-refractivity contribution in [2.24, 2.45) is 0 Å². The van der Waals surface area contributed by atoms with Crippen molar-refractivity contribution in [2.45, 2.75) is 31.8 Å². The molecule has 1 aliphatic heterocycles. The Bertz CT molecular complexity index is 252. The lowest BCUT2D eigenvalue weighted by molar-refractivity contribution is 0.361. The molecule has 0 spiro atoms. The highest BCUT2D eigenvalue weighted by atomic mass is 32.1. The molecule has 2 rings (SSSR count). The van der Waals surface area contributed by atoms with Crippen LogP contribution in [0.15, 0.2) is 17.5 Å². The monoisotopic (exact) mass is 210 g/mol. The first-order chi connectivity index (χ1) is 6.86. The summed E-state index contributed by atoms with van der Waals surface area (Å²) in [5, 5.41) is 9.23. The number of hydrogen-bond donors (Lipinski definition) is 2. The fraction of sp³-hybridized carbons (Fsp3) is 0.636. The van der Waals surface area contributed by atoms with E-state index < -0.39 is 0 Å². The van der Waals surface area contributed by atoms with Crippen molar-refractivity contribution in [1.82, 2.24) is 10.6 Å². The van der Waals surface area contributed by atoms with Crippen molar-refractivity contribution in [3.63, 3.8) is 0 Å². The summed E-state index contributed by atoms with van der Waals surface area (Å²) in [4.78, 5) is 1.45. The molecule has 0 radical (unpaired) electrons. The second-order valence-corrected chi connectivity index (χ2v) is 4.91. The molecule has 0 aromatic carbocycles. The van der Waals surface area contributed by atoms with Crippen LogP contribution in [0.2, 0.25) is 0 Å². The molecule has 0 bridgehead atoms. The summed E-state index contributed by atoms with van der Waals surface area (Å²) in [7, 11) is 0. The lowest BCUT2D eigenvalue weighted by Crippen LogP contribution is -2.40. The van der Waals surface area contributed by atoms with E-state index in [1.165, 1.54) is 17.7 Å². The van der Waals surface area contributed by atoms with Gasteiger partial charge in [0.15, 0.2) is 0 Å². The van der Waals surface area contributed by atoms with E-state index in [-0.39, 0.29) is 0 Å². The Morgan fingerprint density at radius 2 is 2.29 bits per heavy atom. The highest BCUT2D eigenvalue weighted by Gasteiger charge is 2.15. The van der Waals surface area contributed by atoms with Crippen molar-refractivity contribution in [2.75, 3.05) is 13.1 Å². The summed E-state index contributed by atoms with van der Waals surface area (Å²) < 4.78 is 0. The zero-order valence-corrected chi connectivity index (χ0v) is 9.44. The van der Waals surface area contributed by atoms with Crippen LogP contribution in [0.1, 0.15) is 30.7 Å². The van der Waals surface area contributed by atoms with Gasteiger partial charge < -0.3 is 10.6 Å². The number of nitrogens with one attached hydrogen (secondary N) is 2. The molecule has 1 saturated heterocycles. The maximum atomic E-state index is 3.69. The third-order valence-corrected chi connectivity index (χ3v) is 3.85. The van der Waals surface area contributed by atoms with Gasteiger partial charge in [-0.15, -0.1) is 11.3 Å². The van der Waals surface area contributed by atoms with Gasteiger partial charge in [-0.2, -0.15) is 0 Å². The normalized spacial score (nSPS) is 20.9. The standard InChI is InChI=1S/C11H18N2S/c1-9(11-3-2-8-14-11)13-10-4-6-12-7-5-10/h2-3,8-10,12-13H,4-7H2,1H3/t9-/m1/s1. The van der Waals surface area contributed by atoms with Crippen LogP contribution in [0, 0.1) is 0 Å². The van der Waals surface area contributed by atoms with Crippen LogP contribution in [-0.4, -0.2) is 19.1 Å². The molecule has 0 saturated carbocycles. The highest BCUT2D eigenvalue weighted by Crippen LogP contribution is 2.19. The second-order valence-electron chi connectivity index (χ2n) is 3.93. The van der Waals surface area contributed by atoms with E-state index in [1.54, 1.807) is 0 Å². The molecule has 1 aromatic rings. The molecule has 2 heterocycles. The van der Waals surface area contributed by atoms with E-state index in [4.69, 9.17) is 0 Å². The fourth-order valence-corrected chi connectivity index (χ4v) is 2.71. The van der Waals surface area contributed by atoms with Gasteiger partial charge in [0, 0.05) is 17.0 Å². The zero-order valence-electron chi connectivity index (χ0n) is 8.62. The summed E-state index contributed by atoms with van der Waals surface area (Å²) >= 11 is 1.84. The summed E-state index contributed by atoms with van der Waals surface area (Å²) in [6.07, 6.45) is 2.52. The molecular weight excluding hydrogens is 192 g/mol. The Balaban J connectivity index is 1.84. The van der Waals surface area contributed by atoms with Crippen molar-refractivity contribution >= 4 is 11.3 Å². The van der Waals surface area contributed by atoms with E-state index in [9.17, 15) is 0 Å². The van der Waals surface area contributed by atoms with E-state index in [1.807, 2.05) is 11.3 Å². The molecule has 14 heavy (non-hydrogen) atoms. The predicted octanol–water partition coefficient (Wildman–Crippen LogP) is 2.15. The molecule has 0 amide bonds. The van der Waals surface area contributed by atoms with Crippen LogP contribution in [0.4, 0.5) is 0 Å².